The maximum Gasteiger partial charge on any atom is 0.305 e. The van der Waals surface area contributed by atoms with E-state index in [0.717, 1.165) is 36.8 Å². The summed E-state index contributed by atoms with van der Waals surface area (Å²) in [5.41, 5.74) is 2.15. The van der Waals surface area contributed by atoms with Gasteiger partial charge < -0.3 is 15.3 Å². The zero-order valence-electron chi connectivity index (χ0n) is 23.2. The van der Waals surface area contributed by atoms with Crippen molar-refractivity contribution in [2.24, 2.45) is 16.3 Å². The van der Waals surface area contributed by atoms with E-state index in [1.54, 1.807) is 24.3 Å². The Bertz CT molecular complexity index is 1260. The Balaban J connectivity index is 1.65. The molecule has 1 atom stereocenters. The van der Waals surface area contributed by atoms with Crippen LogP contribution in [-0.4, -0.2) is 45.7 Å². The molecule has 2 aliphatic rings. The van der Waals surface area contributed by atoms with Crippen LogP contribution < -0.4 is 5.32 Å². The van der Waals surface area contributed by atoms with E-state index in [1.165, 1.54) is 0 Å². The van der Waals surface area contributed by atoms with E-state index in [9.17, 15) is 14.4 Å². The number of aliphatic carboxylic acids is 1. The Hall–Kier alpha value is -3.19. The molecule has 2 amide bonds. The minimum absolute atomic E-state index is 0.0669. The van der Waals surface area contributed by atoms with Crippen LogP contribution in [0.1, 0.15) is 93.7 Å². The van der Waals surface area contributed by atoms with Crippen molar-refractivity contribution in [2.75, 3.05) is 6.54 Å². The highest BCUT2D eigenvalue weighted by molar-refractivity contribution is 6.47. The highest BCUT2D eigenvalue weighted by Gasteiger charge is 2.52. The average Bonchev–Trinajstić information content (AvgIpc) is 3.16. The van der Waals surface area contributed by atoms with E-state index in [0.29, 0.717) is 28.6 Å². The van der Waals surface area contributed by atoms with Gasteiger partial charge in [0.25, 0.3) is 11.8 Å². The summed E-state index contributed by atoms with van der Waals surface area (Å²) in [6.45, 7) is 8.97. The standard InChI is InChI=1S/C31H38ClN3O4/c1-5-25(20-9-11-21(12-10-20)28(38)33-18-15-26(36)37)35-29(39)27(22-7-6-8-24(32)19-22)34-31(35)16-13-23(14-17-31)30(2,3)4/h6-12,19,23,25H,5,13-18H2,1-4H3,(H,33,38)(H,36,37). The van der Waals surface area contributed by atoms with Crippen molar-refractivity contribution in [1.82, 2.24) is 10.2 Å². The first kappa shape index (κ1) is 28.8. The zero-order valence-corrected chi connectivity index (χ0v) is 23.9. The van der Waals surface area contributed by atoms with Gasteiger partial charge in [-0.25, -0.2) is 0 Å². The molecule has 1 heterocycles. The second kappa shape index (κ2) is 11.5. The van der Waals surface area contributed by atoms with Gasteiger partial charge in [0.2, 0.25) is 0 Å². The molecule has 8 heteroatoms. The molecule has 2 N–H and O–H groups in total. The number of halogens is 1. The first-order valence-corrected chi connectivity index (χ1v) is 14.1. The molecule has 2 aromatic carbocycles. The summed E-state index contributed by atoms with van der Waals surface area (Å²) >= 11 is 6.29. The predicted octanol–water partition coefficient (Wildman–Crippen LogP) is 6.26. The number of aliphatic imine (C=N–C) groups is 1. The summed E-state index contributed by atoms with van der Waals surface area (Å²) in [4.78, 5) is 44.5. The van der Waals surface area contributed by atoms with Crippen LogP contribution in [0.2, 0.25) is 5.02 Å². The minimum atomic E-state index is -0.962. The molecule has 1 spiro atoms. The number of hydrogen-bond acceptors (Lipinski definition) is 4. The van der Waals surface area contributed by atoms with Gasteiger partial charge in [-0.3, -0.25) is 19.4 Å². The summed E-state index contributed by atoms with van der Waals surface area (Å²) in [5.74, 6) is -0.813. The van der Waals surface area contributed by atoms with Crippen molar-refractivity contribution in [2.45, 2.75) is 77.9 Å². The molecule has 4 rings (SSSR count). The lowest BCUT2D eigenvalue weighted by molar-refractivity contribution is -0.137. The highest BCUT2D eigenvalue weighted by atomic mass is 35.5. The molecule has 0 aromatic heterocycles. The van der Waals surface area contributed by atoms with Gasteiger partial charge in [-0.15, -0.1) is 0 Å². The minimum Gasteiger partial charge on any atom is -0.481 e. The first-order chi connectivity index (χ1) is 18.4. The second-order valence-corrected chi connectivity index (χ2v) is 12.2. The van der Waals surface area contributed by atoms with Crippen molar-refractivity contribution in [3.8, 4) is 0 Å². The number of nitrogens with zero attached hydrogens (tertiary/aromatic N) is 2. The van der Waals surface area contributed by atoms with Crippen LogP contribution in [0.3, 0.4) is 0 Å². The lowest BCUT2D eigenvalue weighted by Gasteiger charge is -2.47. The van der Waals surface area contributed by atoms with Crippen LogP contribution in [0.4, 0.5) is 0 Å². The molecule has 1 aliphatic heterocycles. The summed E-state index contributed by atoms with van der Waals surface area (Å²) in [5, 5.41) is 12.0. The van der Waals surface area contributed by atoms with Gasteiger partial charge >= 0.3 is 5.97 Å². The third-order valence-electron chi connectivity index (χ3n) is 8.18. The average molecular weight is 552 g/mol. The summed E-state index contributed by atoms with van der Waals surface area (Å²) in [6, 6.07) is 14.4. The number of nitrogens with one attached hydrogen (secondary N) is 1. The molecule has 0 bridgehead atoms. The van der Waals surface area contributed by atoms with Crippen molar-refractivity contribution >= 4 is 35.1 Å². The van der Waals surface area contributed by atoms with Gasteiger partial charge in [0.1, 0.15) is 11.4 Å². The van der Waals surface area contributed by atoms with Gasteiger partial charge in [0, 0.05) is 22.7 Å². The number of carbonyl (C=O) groups excluding carboxylic acids is 2. The van der Waals surface area contributed by atoms with Crippen molar-refractivity contribution in [3.63, 3.8) is 0 Å². The van der Waals surface area contributed by atoms with Crippen LogP contribution in [0.15, 0.2) is 53.5 Å². The van der Waals surface area contributed by atoms with E-state index < -0.39 is 11.6 Å². The lowest BCUT2D eigenvalue weighted by Crippen LogP contribution is -2.51. The Morgan fingerprint density at radius 3 is 2.38 bits per heavy atom. The quantitative estimate of drug-likeness (QED) is 0.404. The summed E-state index contributed by atoms with van der Waals surface area (Å²) in [7, 11) is 0. The van der Waals surface area contributed by atoms with Crippen LogP contribution >= 0.6 is 11.6 Å². The number of carbonyl (C=O) groups is 3. The van der Waals surface area contributed by atoms with Crippen LogP contribution in [0.25, 0.3) is 0 Å². The van der Waals surface area contributed by atoms with E-state index in [-0.39, 0.29) is 36.2 Å². The summed E-state index contributed by atoms with van der Waals surface area (Å²) < 4.78 is 0. The number of amides is 2. The maximum atomic E-state index is 14.1. The van der Waals surface area contributed by atoms with E-state index in [4.69, 9.17) is 21.7 Å². The van der Waals surface area contributed by atoms with E-state index in [2.05, 4.69) is 33.0 Å². The third-order valence-corrected chi connectivity index (χ3v) is 8.41. The Morgan fingerprint density at radius 1 is 1.15 bits per heavy atom. The topological polar surface area (TPSA) is 99.1 Å². The first-order valence-electron chi connectivity index (χ1n) is 13.7. The molecule has 208 valence electrons. The van der Waals surface area contributed by atoms with Gasteiger partial charge in [0.15, 0.2) is 0 Å². The Kier molecular flexibility index (Phi) is 8.50. The number of rotatable bonds is 8. The SMILES string of the molecule is CCC(c1ccc(C(=O)NCCC(=O)O)cc1)N1C(=O)C(c2cccc(Cl)c2)=NC12CCC(C(C)(C)C)CC2. The number of hydrogen-bond donors (Lipinski definition) is 2. The Labute approximate surface area is 235 Å². The molecule has 1 fully saturated rings. The molecular formula is C31H38ClN3O4. The lowest BCUT2D eigenvalue weighted by atomic mass is 9.69. The molecule has 7 nitrogen and oxygen atoms in total. The molecule has 2 aromatic rings. The van der Waals surface area contributed by atoms with Crippen LogP contribution in [0, 0.1) is 11.3 Å². The molecule has 1 unspecified atom stereocenters. The fraction of sp³-hybridized carbons (Fsp3) is 0.484. The highest BCUT2D eigenvalue weighted by Crippen LogP contribution is 2.49. The predicted molar refractivity (Wildman–Crippen MR) is 153 cm³/mol. The smallest absolute Gasteiger partial charge is 0.305 e. The van der Waals surface area contributed by atoms with Gasteiger partial charge in [0.05, 0.1) is 12.5 Å². The Morgan fingerprint density at radius 2 is 1.82 bits per heavy atom. The van der Waals surface area contributed by atoms with Gasteiger partial charge in [-0.2, -0.15) is 0 Å². The van der Waals surface area contributed by atoms with Crippen LogP contribution in [0.5, 0.6) is 0 Å². The molecule has 39 heavy (non-hydrogen) atoms. The van der Waals surface area contributed by atoms with Crippen molar-refractivity contribution in [1.29, 1.82) is 0 Å². The van der Waals surface area contributed by atoms with Gasteiger partial charge in [-0.1, -0.05) is 63.6 Å². The molecule has 0 saturated heterocycles. The van der Waals surface area contributed by atoms with Crippen LogP contribution in [-0.2, 0) is 9.59 Å². The molecule has 0 radical (unpaired) electrons. The second-order valence-electron chi connectivity index (χ2n) is 11.7. The fourth-order valence-corrected chi connectivity index (χ4v) is 6.17. The zero-order chi connectivity index (χ0) is 28.4. The summed E-state index contributed by atoms with van der Waals surface area (Å²) in [6.07, 6.45) is 4.14. The number of carboxylic acids is 1. The molecular weight excluding hydrogens is 514 g/mol. The normalized spacial score (nSPS) is 22.1. The molecule has 1 aliphatic carbocycles. The van der Waals surface area contributed by atoms with E-state index in [1.807, 2.05) is 29.2 Å². The van der Waals surface area contributed by atoms with Crippen molar-refractivity contribution < 1.29 is 19.5 Å². The number of carboxylic acid groups (broad SMARTS) is 1. The maximum absolute atomic E-state index is 14.1. The largest absolute Gasteiger partial charge is 0.481 e. The van der Waals surface area contributed by atoms with E-state index >= 15 is 0 Å². The third kappa shape index (κ3) is 6.19. The number of benzene rings is 2. The van der Waals surface area contributed by atoms with Gasteiger partial charge in [-0.05, 0) is 73.3 Å². The monoisotopic (exact) mass is 551 g/mol. The van der Waals surface area contributed by atoms with Crippen molar-refractivity contribution in [3.05, 3.63) is 70.2 Å². The fourth-order valence-electron chi connectivity index (χ4n) is 5.98. The molecule has 1 saturated carbocycles.